The van der Waals surface area contributed by atoms with E-state index >= 15 is 0 Å². The molecule has 0 spiro atoms. The van der Waals surface area contributed by atoms with Gasteiger partial charge in [0.05, 0.1) is 0 Å². The molecule has 0 saturated carbocycles. The van der Waals surface area contributed by atoms with Crippen molar-refractivity contribution >= 4 is 0 Å². The predicted octanol–water partition coefficient (Wildman–Crippen LogP) is 3.35. The lowest BCUT2D eigenvalue weighted by molar-refractivity contribution is 1.46. The van der Waals surface area contributed by atoms with Crippen molar-refractivity contribution in [1.29, 1.82) is 0 Å². The van der Waals surface area contributed by atoms with Crippen LogP contribution in [0.4, 0.5) is 0 Å². The van der Waals surface area contributed by atoms with Crippen LogP contribution in [0.2, 0.25) is 0 Å². The molecule has 15 heavy (non-hydrogen) atoms. The smallest absolute Gasteiger partial charge is 0.00248 e. The molecular weight excluding hydrogens is 180 g/mol. The van der Waals surface area contributed by atoms with E-state index in [-0.39, 0.29) is 0 Å². The molecule has 0 unspecified atom stereocenters. The molecule has 0 aliphatic carbocycles. The van der Waals surface area contributed by atoms with Gasteiger partial charge >= 0.3 is 0 Å². The summed E-state index contributed by atoms with van der Waals surface area (Å²) >= 11 is 0. The van der Waals surface area contributed by atoms with Crippen molar-refractivity contribution in [2.24, 2.45) is 0 Å². The molecule has 0 atom stereocenters. The van der Waals surface area contributed by atoms with Crippen LogP contribution >= 0.6 is 0 Å². The Hall–Kier alpha value is -2.63. The standard InChI is InChI=1S/C15H9/c1-5-7-9-11-13-15(4)14(3)12-10-8-6-2/h1-3H2,4H3/q-1. The zero-order valence-electron chi connectivity index (χ0n) is 8.62. The maximum atomic E-state index is 3.75. The highest BCUT2D eigenvalue weighted by Crippen LogP contribution is 2.01. The van der Waals surface area contributed by atoms with Crippen molar-refractivity contribution in [3.8, 4) is 0 Å². The molecule has 0 saturated heterocycles. The van der Waals surface area contributed by atoms with Gasteiger partial charge in [-0.25, -0.2) is 5.73 Å². The van der Waals surface area contributed by atoms with Crippen LogP contribution in [0.5, 0.6) is 0 Å². The van der Waals surface area contributed by atoms with Gasteiger partial charge in [-0.3, -0.25) is 0 Å². The molecule has 0 aromatic carbocycles. The molecule has 0 aromatic rings. The summed E-state index contributed by atoms with van der Waals surface area (Å²) in [6, 6.07) is 0. The molecule has 0 N–H and O–H groups in total. The van der Waals surface area contributed by atoms with E-state index in [0.29, 0.717) is 5.57 Å². The minimum Gasteiger partial charge on any atom is -0.219 e. The van der Waals surface area contributed by atoms with Crippen molar-refractivity contribution in [3.63, 3.8) is 0 Å². The van der Waals surface area contributed by atoms with Gasteiger partial charge in [-0.05, 0) is 36.1 Å². The van der Waals surface area contributed by atoms with Crippen LogP contribution in [0.3, 0.4) is 0 Å². The van der Waals surface area contributed by atoms with E-state index in [2.05, 4.69) is 71.7 Å². The van der Waals surface area contributed by atoms with Gasteiger partial charge in [0.25, 0.3) is 0 Å². The topological polar surface area (TPSA) is 0 Å². The number of rotatable bonds is 1. The molecule has 0 aromatic heterocycles. The van der Waals surface area contributed by atoms with Gasteiger partial charge in [0.2, 0.25) is 0 Å². The minimum atomic E-state index is 0.634. The third-order valence-electron chi connectivity index (χ3n) is 1.28. The first kappa shape index (κ1) is 12.4. The monoisotopic (exact) mass is 189 g/mol. The van der Waals surface area contributed by atoms with Gasteiger partial charge in [-0.2, -0.15) is 6.92 Å². The Bertz CT molecular complexity index is 585. The van der Waals surface area contributed by atoms with E-state index in [9.17, 15) is 0 Å². The van der Waals surface area contributed by atoms with E-state index in [1.807, 2.05) is 6.92 Å². The van der Waals surface area contributed by atoms with Gasteiger partial charge in [-0.1, -0.05) is 29.7 Å². The summed E-state index contributed by atoms with van der Waals surface area (Å²) in [6.07, 6.45) is 0. The molecule has 0 nitrogen and oxygen atoms in total. The van der Waals surface area contributed by atoms with E-state index in [1.165, 1.54) is 0 Å². The van der Waals surface area contributed by atoms with Crippen LogP contribution in [0, 0.1) is 6.92 Å². The van der Waals surface area contributed by atoms with Gasteiger partial charge < -0.3 is 0 Å². The van der Waals surface area contributed by atoms with Crippen LogP contribution in [0.15, 0.2) is 75.9 Å². The summed E-state index contributed by atoms with van der Waals surface area (Å²) in [7, 11) is 0. The molecule has 0 bridgehead atoms. The maximum absolute atomic E-state index is 3.75. The van der Waals surface area contributed by atoms with E-state index in [1.54, 1.807) is 0 Å². The maximum Gasteiger partial charge on any atom is -0.00248 e. The average Bonchev–Trinajstić information content (AvgIpc) is 2.24. The summed E-state index contributed by atoms with van der Waals surface area (Å²) in [5.41, 5.74) is 24.6. The molecule has 0 rings (SSSR count). The molecular formula is C15H9-. The average molecular weight is 189 g/mol. The molecule has 0 heterocycles. The predicted molar refractivity (Wildman–Crippen MR) is 60.9 cm³/mol. The Balaban J connectivity index is 5.70. The van der Waals surface area contributed by atoms with Gasteiger partial charge in [0, 0.05) is 0 Å². The van der Waals surface area contributed by atoms with Crippen LogP contribution in [-0.4, -0.2) is 0 Å². The minimum absolute atomic E-state index is 0.634. The van der Waals surface area contributed by atoms with Crippen LogP contribution in [-0.2, 0) is 0 Å². The first-order chi connectivity index (χ1) is 7.22. The summed E-state index contributed by atoms with van der Waals surface area (Å²) in [6.45, 7) is 12.2. The SMILES string of the molecule is C=C=C=C=C=C=C(C)C([CH2-])=C=C=C=C=C. The van der Waals surface area contributed by atoms with E-state index in [0.717, 1.165) is 5.57 Å². The van der Waals surface area contributed by atoms with Crippen molar-refractivity contribution < 1.29 is 0 Å². The number of hydrogen-bond donors (Lipinski definition) is 0. The lowest BCUT2D eigenvalue weighted by atomic mass is 10.1. The second kappa shape index (κ2) is 7.99. The van der Waals surface area contributed by atoms with E-state index < -0.39 is 0 Å². The van der Waals surface area contributed by atoms with Crippen molar-refractivity contribution in [3.05, 3.63) is 82.8 Å². The Morgan fingerprint density at radius 1 is 0.867 bits per heavy atom. The summed E-state index contributed by atoms with van der Waals surface area (Å²) in [5, 5.41) is 0. The second-order valence-corrected chi connectivity index (χ2v) is 2.33. The highest BCUT2D eigenvalue weighted by atomic mass is 13.9. The summed E-state index contributed by atoms with van der Waals surface area (Å²) in [4.78, 5) is 0. The fourth-order valence-electron chi connectivity index (χ4n) is 0.521. The Morgan fingerprint density at radius 2 is 1.40 bits per heavy atom. The summed E-state index contributed by atoms with van der Waals surface area (Å²) < 4.78 is 0. The molecule has 0 aliphatic heterocycles. The first-order valence-corrected chi connectivity index (χ1v) is 4.06. The zero-order valence-corrected chi connectivity index (χ0v) is 8.62. The second-order valence-electron chi connectivity index (χ2n) is 2.33. The fraction of sp³-hybridized carbons (Fsp3) is 0.0667. The number of allylic oxidation sites excluding steroid dienone is 2. The van der Waals surface area contributed by atoms with Crippen molar-refractivity contribution in [2.75, 3.05) is 0 Å². The molecule has 70 valence electrons. The van der Waals surface area contributed by atoms with Gasteiger partial charge in [-0.15, -0.1) is 11.3 Å². The Kier molecular flexibility index (Phi) is 6.59. The third-order valence-corrected chi connectivity index (χ3v) is 1.28. The quantitative estimate of drug-likeness (QED) is 0.337. The van der Waals surface area contributed by atoms with Gasteiger partial charge in [0.15, 0.2) is 0 Å². The van der Waals surface area contributed by atoms with Crippen molar-refractivity contribution in [2.45, 2.75) is 6.92 Å². The van der Waals surface area contributed by atoms with Crippen LogP contribution in [0.1, 0.15) is 6.92 Å². The molecule has 0 radical (unpaired) electrons. The third kappa shape index (κ3) is 6.52. The Morgan fingerprint density at radius 3 is 2.00 bits per heavy atom. The Labute approximate surface area is 90.3 Å². The summed E-state index contributed by atoms with van der Waals surface area (Å²) in [5.74, 6) is 0. The molecule has 0 aliphatic rings. The lowest BCUT2D eigenvalue weighted by Gasteiger charge is -1.99. The number of hydrogen-bond acceptors (Lipinski definition) is 0. The lowest BCUT2D eigenvalue weighted by Crippen LogP contribution is -1.71. The van der Waals surface area contributed by atoms with Gasteiger partial charge in [0.1, 0.15) is 0 Å². The molecule has 0 heteroatoms. The van der Waals surface area contributed by atoms with Crippen LogP contribution in [0.25, 0.3) is 0 Å². The highest BCUT2D eigenvalue weighted by Gasteiger charge is 1.74. The van der Waals surface area contributed by atoms with E-state index in [4.69, 9.17) is 0 Å². The van der Waals surface area contributed by atoms with Crippen LogP contribution < -0.4 is 0 Å². The fourth-order valence-corrected chi connectivity index (χ4v) is 0.521. The first-order valence-electron chi connectivity index (χ1n) is 4.06. The normalized spacial score (nSPS) is 5.40. The molecule has 0 fully saturated rings. The largest absolute Gasteiger partial charge is 0.219 e. The molecule has 0 amide bonds. The van der Waals surface area contributed by atoms with Crippen molar-refractivity contribution in [1.82, 2.24) is 0 Å². The zero-order chi connectivity index (χ0) is 11.5. The highest BCUT2D eigenvalue weighted by molar-refractivity contribution is 5.29.